The van der Waals surface area contributed by atoms with Crippen molar-refractivity contribution in [3.63, 3.8) is 0 Å². The van der Waals surface area contributed by atoms with Crippen LogP contribution in [0.2, 0.25) is 0 Å². The van der Waals surface area contributed by atoms with Crippen LogP contribution in [0, 0.1) is 6.92 Å². The first kappa shape index (κ1) is 12.6. The summed E-state index contributed by atoms with van der Waals surface area (Å²) in [6.45, 7) is 4.43. The predicted molar refractivity (Wildman–Crippen MR) is 74.2 cm³/mol. The van der Waals surface area contributed by atoms with Gasteiger partial charge in [0.25, 0.3) is 0 Å². The summed E-state index contributed by atoms with van der Waals surface area (Å²) in [5.74, 6) is 0. The maximum atomic E-state index is 3.84. The fourth-order valence-corrected chi connectivity index (χ4v) is 2.80. The molecule has 0 aliphatic heterocycles. The third-order valence-corrected chi connectivity index (χ3v) is 3.93. The molecule has 0 heterocycles. The number of aryl methyl sites for hydroxylation is 1. The summed E-state index contributed by atoms with van der Waals surface area (Å²) in [7, 11) is 0. The highest BCUT2D eigenvalue weighted by molar-refractivity contribution is 5.24. The van der Waals surface area contributed by atoms with Crippen molar-refractivity contribution in [2.45, 2.75) is 64.5 Å². The molecule has 0 spiro atoms. The number of hydrogen-bond donors (Lipinski definition) is 1. The lowest BCUT2D eigenvalue weighted by molar-refractivity contribution is 0.334. The highest BCUT2D eigenvalue weighted by Crippen LogP contribution is 2.23. The zero-order valence-corrected chi connectivity index (χ0v) is 11.2. The molecule has 1 aromatic rings. The van der Waals surface area contributed by atoms with Crippen molar-refractivity contribution in [3.8, 4) is 0 Å². The van der Waals surface area contributed by atoms with E-state index in [0.29, 0.717) is 6.04 Å². The van der Waals surface area contributed by atoms with Crippen molar-refractivity contribution < 1.29 is 0 Å². The average molecular weight is 231 g/mol. The zero-order chi connectivity index (χ0) is 12.1. The van der Waals surface area contributed by atoms with Crippen LogP contribution in [0.5, 0.6) is 0 Å². The molecule has 0 aromatic heterocycles. The second-order valence-corrected chi connectivity index (χ2v) is 5.37. The Hall–Kier alpha value is -0.820. The van der Waals surface area contributed by atoms with E-state index in [2.05, 4.69) is 43.4 Å². The van der Waals surface area contributed by atoms with Gasteiger partial charge in [0.15, 0.2) is 0 Å². The van der Waals surface area contributed by atoms with E-state index < -0.39 is 0 Å². The first-order chi connectivity index (χ1) is 8.29. The number of nitrogens with one attached hydrogen (secondary N) is 1. The van der Waals surface area contributed by atoms with Gasteiger partial charge in [-0.25, -0.2) is 0 Å². The van der Waals surface area contributed by atoms with E-state index in [1.165, 1.54) is 49.7 Å². The molecular weight excluding hydrogens is 206 g/mol. The van der Waals surface area contributed by atoms with E-state index in [9.17, 15) is 0 Å². The Bertz CT molecular complexity index is 322. The molecule has 2 rings (SSSR count). The van der Waals surface area contributed by atoms with Gasteiger partial charge in [0.2, 0.25) is 0 Å². The smallest absolute Gasteiger partial charge is 0.0320 e. The first-order valence-electron chi connectivity index (χ1n) is 7.12. The summed E-state index contributed by atoms with van der Waals surface area (Å²) < 4.78 is 0. The molecule has 0 saturated heterocycles. The number of benzene rings is 1. The molecule has 1 saturated carbocycles. The van der Waals surface area contributed by atoms with Crippen LogP contribution in [0.15, 0.2) is 24.3 Å². The lowest BCUT2D eigenvalue weighted by atomic mass is 9.93. The lowest BCUT2D eigenvalue weighted by Gasteiger charge is -2.28. The fraction of sp³-hybridized carbons (Fsp3) is 0.625. The highest BCUT2D eigenvalue weighted by Gasteiger charge is 2.17. The Balaban J connectivity index is 1.97. The van der Waals surface area contributed by atoms with Gasteiger partial charge in [0.1, 0.15) is 0 Å². The molecule has 1 fully saturated rings. The predicted octanol–water partition coefficient (Wildman–Crippen LogP) is 4.37. The minimum absolute atomic E-state index is 0.540. The van der Waals surface area contributed by atoms with Gasteiger partial charge in [-0.1, -0.05) is 56.0 Å². The number of rotatable bonds is 4. The van der Waals surface area contributed by atoms with Crippen LogP contribution in [0.25, 0.3) is 0 Å². The van der Waals surface area contributed by atoms with Gasteiger partial charge in [-0.2, -0.15) is 0 Å². The topological polar surface area (TPSA) is 12.0 Å². The van der Waals surface area contributed by atoms with Crippen LogP contribution in [0.1, 0.15) is 62.6 Å². The van der Waals surface area contributed by atoms with Gasteiger partial charge in [-0.05, 0) is 31.7 Å². The minimum atomic E-state index is 0.540. The summed E-state index contributed by atoms with van der Waals surface area (Å²) in [4.78, 5) is 0. The molecule has 0 amide bonds. The van der Waals surface area contributed by atoms with Gasteiger partial charge in [0, 0.05) is 12.1 Å². The van der Waals surface area contributed by atoms with Crippen molar-refractivity contribution >= 4 is 0 Å². The van der Waals surface area contributed by atoms with Gasteiger partial charge < -0.3 is 5.32 Å². The van der Waals surface area contributed by atoms with Gasteiger partial charge in [-0.3, -0.25) is 0 Å². The van der Waals surface area contributed by atoms with E-state index in [1.54, 1.807) is 0 Å². The molecule has 0 bridgehead atoms. The Kier molecular flexibility index (Phi) is 4.61. The van der Waals surface area contributed by atoms with Crippen LogP contribution in [0.3, 0.4) is 0 Å². The maximum absolute atomic E-state index is 3.84. The van der Waals surface area contributed by atoms with Crippen molar-refractivity contribution in [3.05, 3.63) is 35.4 Å². The summed E-state index contributed by atoms with van der Waals surface area (Å²) in [6, 6.07) is 10.3. The molecule has 1 N–H and O–H groups in total. The van der Waals surface area contributed by atoms with Gasteiger partial charge in [0.05, 0.1) is 0 Å². The molecule has 1 unspecified atom stereocenters. The first-order valence-corrected chi connectivity index (χ1v) is 7.12. The van der Waals surface area contributed by atoms with Crippen LogP contribution in [-0.4, -0.2) is 6.04 Å². The largest absolute Gasteiger partial charge is 0.307 e. The van der Waals surface area contributed by atoms with Crippen LogP contribution < -0.4 is 5.32 Å². The lowest BCUT2D eigenvalue weighted by Crippen LogP contribution is -2.34. The van der Waals surface area contributed by atoms with E-state index in [4.69, 9.17) is 0 Å². The Labute approximate surface area is 106 Å². The van der Waals surface area contributed by atoms with Crippen LogP contribution >= 0.6 is 0 Å². The minimum Gasteiger partial charge on any atom is -0.307 e. The van der Waals surface area contributed by atoms with Gasteiger partial charge >= 0.3 is 0 Å². The van der Waals surface area contributed by atoms with Crippen molar-refractivity contribution in [2.24, 2.45) is 0 Å². The second-order valence-electron chi connectivity index (χ2n) is 5.37. The number of hydrogen-bond acceptors (Lipinski definition) is 1. The molecule has 1 aliphatic rings. The molecular formula is C16H25N. The third-order valence-electron chi connectivity index (χ3n) is 3.93. The third kappa shape index (κ3) is 3.57. The van der Waals surface area contributed by atoms with Gasteiger partial charge in [-0.15, -0.1) is 0 Å². The quantitative estimate of drug-likeness (QED) is 0.811. The van der Waals surface area contributed by atoms with E-state index in [0.717, 1.165) is 6.04 Å². The normalized spacial score (nSPS) is 19.2. The van der Waals surface area contributed by atoms with Crippen LogP contribution in [0.4, 0.5) is 0 Å². The Morgan fingerprint density at radius 1 is 1.12 bits per heavy atom. The van der Waals surface area contributed by atoms with Crippen molar-refractivity contribution in [1.29, 1.82) is 0 Å². The monoisotopic (exact) mass is 231 g/mol. The summed E-state index contributed by atoms with van der Waals surface area (Å²) in [5, 5.41) is 3.84. The standard InChI is InChI=1S/C16H25N/c1-3-16(14-11-9-13(2)10-12-14)17-15-7-5-4-6-8-15/h9-12,15-17H,3-8H2,1-2H3. The van der Waals surface area contributed by atoms with Crippen molar-refractivity contribution in [1.82, 2.24) is 5.32 Å². The highest BCUT2D eigenvalue weighted by atomic mass is 14.9. The van der Waals surface area contributed by atoms with Crippen LogP contribution in [-0.2, 0) is 0 Å². The SMILES string of the molecule is CCC(NC1CCCCC1)c1ccc(C)cc1. The molecule has 1 atom stereocenters. The van der Waals surface area contributed by atoms with E-state index in [-0.39, 0.29) is 0 Å². The molecule has 17 heavy (non-hydrogen) atoms. The van der Waals surface area contributed by atoms with Crippen molar-refractivity contribution in [2.75, 3.05) is 0 Å². The molecule has 1 aliphatic carbocycles. The summed E-state index contributed by atoms with van der Waals surface area (Å²) in [6.07, 6.45) is 8.15. The molecule has 0 radical (unpaired) electrons. The fourth-order valence-electron chi connectivity index (χ4n) is 2.80. The Morgan fingerprint density at radius 3 is 2.35 bits per heavy atom. The van der Waals surface area contributed by atoms with E-state index >= 15 is 0 Å². The summed E-state index contributed by atoms with van der Waals surface area (Å²) in [5.41, 5.74) is 2.80. The molecule has 1 nitrogen and oxygen atoms in total. The zero-order valence-electron chi connectivity index (χ0n) is 11.2. The van der Waals surface area contributed by atoms with E-state index in [1.807, 2.05) is 0 Å². The molecule has 1 heteroatoms. The average Bonchev–Trinajstić information content (AvgIpc) is 2.38. The maximum Gasteiger partial charge on any atom is 0.0320 e. The summed E-state index contributed by atoms with van der Waals surface area (Å²) >= 11 is 0. The molecule has 1 aromatic carbocycles. The second kappa shape index (κ2) is 6.20. The Morgan fingerprint density at radius 2 is 1.76 bits per heavy atom. The molecule has 94 valence electrons.